The Labute approximate surface area is 598 Å². The minimum Gasteiger partial charge on any atom is -0.264 e. The highest BCUT2D eigenvalue weighted by atomic mass is 35.5. The number of aromatic nitrogens is 15. The van der Waals surface area contributed by atoms with Crippen LogP contribution in [-0.4, -0.2) is 106 Å². The van der Waals surface area contributed by atoms with Crippen molar-refractivity contribution in [3.63, 3.8) is 0 Å². The van der Waals surface area contributed by atoms with Crippen molar-refractivity contribution in [2.24, 2.45) is 0 Å². The van der Waals surface area contributed by atoms with Crippen LogP contribution < -0.4 is 0 Å². The minimum atomic E-state index is 0.250. The molecule has 0 amide bonds. The Morgan fingerprint density at radius 2 is 0.520 bits per heavy atom. The Hall–Kier alpha value is -10.6. The zero-order valence-corrected chi connectivity index (χ0v) is 62.3. The minimum absolute atomic E-state index is 0.250. The molecule has 536 valence electrons. The third-order valence-electron chi connectivity index (χ3n) is 11.6. The summed E-state index contributed by atoms with van der Waals surface area (Å²) in [6.07, 6.45) is 20.9. The van der Waals surface area contributed by atoms with Gasteiger partial charge >= 0.3 is 30.8 Å². The van der Waals surface area contributed by atoms with E-state index in [9.17, 15) is 0 Å². The largest absolute Gasteiger partial charge is 0.373 e. The zero-order chi connectivity index (χ0) is 77.2. The van der Waals surface area contributed by atoms with Crippen LogP contribution in [0.3, 0.4) is 0 Å². The van der Waals surface area contributed by atoms with E-state index >= 15 is 0 Å². The van der Waals surface area contributed by atoms with Crippen LogP contribution >= 0.6 is 23.2 Å². The van der Waals surface area contributed by atoms with E-state index < -0.39 is 0 Å². The fourth-order valence-corrected chi connectivity index (χ4v) is 6.27. The molecule has 9 rings (SSSR count). The van der Waals surface area contributed by atoms with Gasteiger partial charge in [-0.05, 0) is 151 Å². The summed E-state index contributed by atoms with van der Waals surface area (Å²) in [6, 6.07) is 29.4. The molecule has 0 aliphatic carbocycles. The average molecular weight is 1410 g/mol. The third kappa shape index (κ3) is 58.7. The van der Waals surface area contributed by atoms with Crippen molar-refractivity contribution in [1.82, 2.24) is 75.7 Å². The summed E-state index contributed by atoms with van der Waals surface area (Å²) in [5.74, 6) is 4.51. The summed E-state index contributed by atoms with van der Waals surface area (Å²) in [5, 5.41) is 32.1. The number of aryl methyl sites for hydroxylation is 2. The van der Waals surface area contributed by atoms with Crippen LogP contribution in [0.15, 0.2) is 159 Å². The molecule has 0 radical (unpaired) electrons. The van der Waals surface area contributed by atoms with Gasteiger partial charge in [0.25, 0.3) is 0 Å². The number of nitrogens with zero attached hydrogens (tertiary/aromatic N) is 15. The molecule has 0 saturated carbocycles. The molecular weight excluding hydrogens is 1320 g/mol. The molecule has 0 aromatic carbocycles. The highest BCUT2D eigenvalue weighted by Gasteiger charge is 2.04. The third-order valence-corrected chi connectivity index (χ3v) is 12.0. The molecule has 0 spiro atoms. The summed E-state index contributed by atoms with van der Waals surface area (Å²) in [5.41, 5.74) is 11.9. The van der Waals surface area contributed by atoms with Gasteiger partial charge in [-0.15, -0.1) is 10.2 Å². The monoisotopic (exact) mass is 1410 g/mol. The van der Waals surface area contributed by atoms with E-state index in [1.54, 1.807) is 61.7 Å². The summed E-state index contributed by atoms with van der Waals surface area (Å²) >= 11 is 11.1. The van der Waals surface area contributed by atoms with E-state index in [1.807, 2.05) is 99.2 Å². The van der Waals surface area contributed by atoms with Crippen LogP contribution in [-0.2, 0) is 47.9 Å². The van der Waals surface area contributed by atoms with Crippen molar-refractivity contribution < 1.29 is 47.9 Å². The Morgan fingerprint density at radius 1 is 0.250 bits per heavy atom. The predicted molar refractivity (Wildman–Crippen MR) is 376 cm³/mol. The lowest BCUT2D eigenvalue weighted by Gasteiger charge is -2.00. The first-order chi connectivity index (χ1) is 47.4. The van der Waals surface area contributed by atoms with Crippen molar-refractivity contribution in [3.8, 4) is 0 Å². The van der Waals surface area contributed by atoms with E-state index in [0.29, 0.717) is 63.6 Å². The molecule has 100 heavy (non-hydrogen) atoms. The average Bonchev–Trinajstić information content (AvgIpc) is 1.13. The van der Waals surface area contributed by atoms with Gasteiger partial charge in [0, 0.05) is 73.9 Å². The van der Waals surface area contributed by atoms with Gasteiger partial charge in [0.2, 0.25) is 0 Å². The normalized spacial score (nSPS) is 9.11. The Bertz CT molecular complexity index is 3010. The highest BCUT2D eigenvalue weighted by Crippen LogP contribution is 2.15. The maximum absolute atomic E-state index is 8.12. The molecule has 0 unspecified atom stereocenters. The van der Waals surface area contributed by atoms with E-state index in [4.69, 9.17) is 71.1 Å². The molecule has 0 aliphatic rings. The molecule has 27 heteroatoms. The van der Waals surface area contributed by atoms with Crippen molar-refractivity contribution >= 4 is 54.0 Å². The zero-order valence-electron chi connectivity index (χ0n) is 60.8. The number of halogens is 2. The molecule has 0 N–H and O–H groups in total. The van der Waals surface area contributed by atoms with Gasteiger partial charge in [-0.1, -0.05) is 166 Å². The van der Waals surface area contributed by atoms with Gasteiger partial charge < -0.3 is 0 Å². The second-order valence-electron chi connectivity index (χ2n) is 22.7. The Balaban J connectivity index is -0.000000330. The van der Waals surface area contributed by atoms with Crippen LogP contribution in [0.4, 0.5) is 0 Å². The molecule has 9 heterocycles. The summed E-state index contributed by atoms with van der Waals surface area (Å²) < 4.78 is 0. The maximum Gasteiger partial charge on any atom is 0.373 e. The van der Waals surface area contributed by atoms with E-state index in [-0.39, 0.29) is 30.8 Å². The smallest absolute Gasteiger partial charge is 0.264 e. The van der Waals surface area contributed by atoms with Crippen molar-refractivity contribution in [2.75, 3.05) is 0 Å². The quantitative estimate of drug-likeness (QED) is 0.129. The molecule has 9 aromatic rings. The van der Waals surface area contributed by atoms with Crippen molar-refractivity contribution in [3.05, 3.63) is 232 Å². The summed E-state index contributed by atoms with van der Waals surface area (Å²) in [7, 11) is 0. The highest BCUT2D eigenvalue weighted by molar-refractivity contribution is 6.29. The van der Waals surface area contributed by atoms with Gasteiger partial charge in [-0.2, -0.15) is 78.5 Å². The first-order valence-corrected chi connectivity index (χ1v) is 31.9. The molecule has 0 aliphatic heterocycles. The lowest BCUT2D eigenvalue weighted by molar-refractivity contribution is -0.193. The number of pyridine rings is 3. The van der Waals surface area contributed by atoms with Crippen LogP contribution in [0.2, 0.25) is 10.3 Å². The van der Waals surface area contributed by atoms with E-state index in [2.05, 4.69) is 212 Å². The van der Waals surface area contributed by atoms with Crippen molar-refractivity contribution in [2.45, 2.75) is 192 Å². The predicted octanol–water partition coefficient (Wildman–Crippen LogP) is 15.2. The number of rotatable bonds is 9. The Kier molecular flexibility index (Phi) is 64.4. The van der Waals surface area contributed by atoms with Crippen LogP contribution in [0.5, 0.6) is 0 Å². The first-order valence-electron chi connectivity index (χ1n) is 31.2. The first kappa shape index (κ1) is 98.1. The molecule has 9 aromatic heterocycles. The standard InChI is InChI=1S/2C8H12N2.3C8H11N.2C7H9ClN2.2C7H10N2.5CO2/c2*1-6(2)8-5-4-7(3)9-10-8;2*1-7(2)8-4-3-5-9-6-8;1-7(2)8-5-3-4-6-9-8;2*1-5(2)6-3-4-7(8)10-9-6;2*1-6(2)7-5-8-3-4-9-7;5*2-1-3/h2*4-6H,1-3H3;3*3-7H,1-2H3;2*3-5H,1-2H3;2*3-6H,1-2H3;;;;;. The lowest BCUT2D eigenvalue weighted by Crippen LogP contribution is -1.95. The van der Waals surface area contributed by atoms with Gasteiger partial charge in [0.15, 0.2) is 10.3 Å². The fourth-order valence-electron chi connectivity index (χ4n) is 6.07. The number of hydrogen-bond acceptors (Lipinski definition) is 25. The second-order valence-corrected chi connectivity index (χ2v) is 23.4. The lowest BCUT2D eigenvalue weighted by atomic mass is 10.1. The SMILES string of the molecule is CC(C)c1ccc(Cl)nn1.CC(C)c1ccc(Cl)nn1.CC(C)c1ccccn1.CC(C)c1cccnc1.CC(C)c1cccnc1.CC(C)c1cnccn1.CC(C)c1cnccn1.Cc1ccc(C(C)C)nn1.Cc1ccc(C(C)C)nn1.O=C=O.O=C=O.O=C=O.O=C=O.O=C=O. The summed E-state index contributed by atoms with van der Waals surface area (Å²) in [4.78, 5) is 110. The van der Waals surface area contributed by atoms with Crippen molar-refractivity contribution in [1.29, 1.82) is 0 Å². The fraction of sp³-hybridized carbons (Fsp3) is 0.397. The van der Waals surface area contributed by atoms with Gasteiger partial charge in [-0.3, -0.25) is 34.9 Å². The number of hydrogen-bond donors (Lipinski definition) is 0. The van der Waals surface area contributed by atoms with E-state index in [0.717, 1.165) is 51.2 Å². The Morgan fingerprint density at radius 3 is 0.680 bits per heavy atom. The molecule has 0 fully saturated rings. The van der Waals surface area contributed by atoms with Crippen LogP contribution in [0, 0.1) is 13.8 Å². The topological polar surface area (TPSA) is 364 Å². The van der Waals surface area contributed by atoms with Crippen LogP contribution in [0.1, 0.15) is 240 Å². The molecule has 25 nitrogen and oxygen atoms in total. The molecular formula is C73H95Cl2N15O10. The molecule has 0 bridgehead atoms. The molecule has 0 saturated heterocycles. The maximum atomic E-state index is 8.12. The van der Waals surface area contributed by atoms with Gasteiger partial charge in [0.05, 0.1) is 45.6 Å². The van der Waals surface area contributed by atoms with Gasteiger partial charge in [0.1, 0.15) is 0 Å². The second kappa shape index (κ2) is 65.7. The van der Waals surface area contributed by atoms with E-state index in [1.165, 1.54) is 11.1 Å². The summed E-state index contributed by atoms with van der Waals surface area (Å²) in [6.45, 7) is 41.9. The number of carbonyl (C=O) groups excluding carboxylic acids is 10. The van der Waals surface area contributed by atoms with Crippen LogP contribution in [0.25, 0.3) is 0 Å². The van der Waals surface area contributed by atoms with Gasteiger partial charge in [-0.25, -0.2) is 0 Å². The molecule has 0 atom stereocenters.